The topological polar surface area (TPSA) is 40.5 Å². The number of hydrogen-bond donors (Lipinski definition) is 2. The lowest BCUT2D eigenvalue weighted by molar-refractivity contribution is 0.0114. The predicted molar refractivity (Wildman–Crippen MR) is 92.6 cm³/mol. The van der Waals surface area contributed by atoms with E-state index in [1.54, 1.807) is 0 Å². The minimum atomic E-state index is -0.526. The van der Waals surface area contributed by atoms with Gasteiger partial charge in [-0.3, -0.25) is 0 Å². The van der Waals surface area contributed by atoms with Gasteiger partial charge in [-0.2, -0.15) is 0 Å². The molecule has 2 heteroatoms. The van der Waals surface area contributed by atoms with Crippen LogP contribution in [-0.2, 0) is 0 Å². The Hall–Kier alpha value is -0.0800. The van der Waals surface area contributed by atoms with E-state index in [1.807, 2.05) is 6.92 Å². The molecule has 0 aliphatic heterocycles. The number of aliphatic hydroxyl groups is 2. The summed E-state index contributed by atoms with van der Waals surface area (Å²) in [4.78, 5) is 0. The SMILES string of the molecule is CCCCCCCCCCCCCCCC(O)C(O)CC. The van der Waals surface area contributed by atoms with E-state index in [4.69, 9.17) is 0 Å². The molecular weight excluding hydrogens is 260 g/mol. The van der Waals surface area contributed by atoms with Gasteiger partial charge in [-0.05, 0) is 12.8 Å². The molecule has 0 aromatic carbocycles. The second kappa shape index (κ2) is 16.3. The molecule has 0 saturated carbocycles. The fraction of sp³-hybridized carbons (Fsp3) is 1.00. The standard InChI is InChI=1S/C19H40O2/c1-3-5-6-7-8-9-10-11-12-13-14-15-16-17-19(21)18(20)4-2/h18-21H,3-17H2,1-2H3. The summed E-state index contributed by atoms with van der Waals surface area (Å²) in [5, 5.41) is 19.1. The molecule has 0 aliphatic carbocycles. The van der Waals surface area contributed by atoms with E-state index in [2.05, 4.69) is 6.92 Å². The van der Waals surface area contributed by atoms with Crippen molar-refractivity contribution in [1.29, 1.82) is 0 Å². The lowest BCUT2D eigenvalue weighted by Crippen LogP contribution is -2.24. The second-order valence-electron chi connectivity index (χ2n) is 6.57. The van der Waals surface area contributed by atoms with Gasteiger partial charge in [-0.1, -0.05) is 97.3 Å². The molecule has 0 heterocycles. The van der Waals surface area contributed by atoms with Crippen molar-refractivity contribution in [3.63, 3.8) is 0 Å². The molecule has 0 bridgehead atoms. The fourth-order valence-corrected chi connectivity index (χ4v) is 2.84. The summed E-state index contributed by atoms with van der Waals surface area (Å²) >= 11 is 0. The quantitative estimate of drug-likeness (QED) is 0.364. The highest BCUT2D eigenvalue weighted by Gasteiger charge is 2.12. The molecule has 2 atom stereocenters. The van der Waals surface area contributed by atoms with Gasteiger partial charge >= 0.3 is 0 Å². The van der Waals surface area contributed by atoms with Gasteiger partial charge < -0.3 is 10.2 Å². The number of aliphatic hydroxyl groups excluding tert-OH is 2. The first kappa shape index (κ1) is 20.9. The summed E-state index contributed by atoms with van der Waals surface area (Å²) < 4.78 is 0. The monoisotopic (exact) mass is 300 g/mol. The zero-order chi connectivity index (χ0) is 15.8. The van der Waals surface area contributed by atoms with Crippen molar-refractivity contribution in [2.45, 2.75) is 122 Å². The summed E-state index contributed by atoms with van der Waals surface area (Å²) in [5.74, 6) is 0. The molecule has 2 unspecified atom stereocenters. The summed E-state index contributed by atoms with van der Waals surface area (Å²) in [6.45, 7) is 4.18. The maximum absolute atomic E-state index is 9.64. The van der Waals surface area contributed by atoms with Crippen molar-refractivity contribution < 1.29 is 10.2 Å². The molecule has 2 N–H and O–H groups in total. The summed E-state index contributed by atoms with van der Waals surface area (Å²) in [6.07, 6.45) is 17.9. The van der Waals surface area contributed by atoms with Crippen molar-refractivity contribution in [3.8, 4) is 0 Å². The van der Waals surface area contributed by atoms with Crippen LogP contribution in [-0.4, -0.2) is 22.4 Å². The maximum Gasteiger partial charge on any atom is 0.0799 e. The van der Waals surface area contributed by atoms with Crippen LogP contribution in [0.25, 0.3) is 0 Å². The molecule has 0 saturated heterocycles. The molecule has 0 spiro atoms. The molecule has 128 valence electrons. The number of hydrogen-bond acceptors (Lipinski definition) is 2. The van der Waals surface area contributed by atoms with E-state index in [0.29, 0.717) is 6.42 Å². The highest BCUT2D eigenvalue weighted by Crippen LogP contribution is 2.14. The molecule has 0 amide bonds. The van der Waals surface area contributed by atoms with Gasteiger partial charge in [-0.25, -0.2) is 0 Å². The minimum Gasteiger partial charge on any atom is -0.390 e. The predicted octanol–water partition coefficient (Wildman–Crippen LogP) is 5.60. The van der Waals surface area contributed by atoms with Gasteiger partial charge in [0, 0.05) is 0 Å². The van der Waals surface area contributed by atoms with E-state index >= 15 is 0 Å². The van der Waals surface area contributed by atoms with E-state index in [-0.39, 0.29) is 0 Å². The third-order valence-corrected chi connectivity index (χ3v) is 4.47. The van der Waals surface area contributed by atoms with Crippen LogP contribution < -0.4 is 0 Å². The summed E-state index contributed by atoms with van der Waals surface area (Å²) in [6, 6.07) is 0. The van der Waals surface area contributed by atoms with Crippen molar-refractivity contribution in [3.05, 3.63) is 0 Å². The van der Waals surface area contributed by atoms with Crippen molar-refractivity contribution >= 4 is 0 Å². The highest BCUT2D eigenvalue weighted by atomic mass is 16.3. The summed E-state index contributed by atoms with van der Waals surface area (Å²) in [5.41, 5.74) is 0. The second-order valence-corrected chi connectivity index (χ2v) is 6.57. The number of rotatable bonds is 16. The van der Waals surface area contributed by atoms with Crippen molar-refractivity contribution in [2.24, 2.45) is 0 Å². The van der Waals surface area contributed by atoms with Gasteiger partial charge in [0.15, 0.2) is 0 Å². The Morgan fingerprint density at radius 3 is 1.29 bits per heavy atom. The van der Waals surface area contributed by atoms with Crippen LogP contribution in [0.5, 0.6) is 0 Å². The molecule has 21 heavy (non-hydrogen) atoms. The lowest BCUT2D eigenvalue weighted by atomic mass is 10.0. The molecule has 2 nitrogen and oxygen atoms in total. The van der Waals surface area contributed by atoms with Gasteiger partial charge in [0.05, 0.1) is 12.2 Å². The number of unbranched alkanes of at least 4 members (excludes halogenated alkanes) is 12. The molecule has 0 fully saturated rings. The van der Waals surface area contributed by atoms with Crippen LogP contribution in [0.3, 0.4) is 0 Å². The molecule has 0 aliphatic rings. The van der Waals surface area contributed by atoms with Gasteiger partial charge in [0.2, 0.25) is 0 Å². The third-order valence-electron chi connectivity index (χ3n) is 4.47. The molecule has 0 aromatic rings. The zero-order valence-electron chi connectivity index (χ0n) is 14.7. The van der Waals surface area contributed by atoms with Crippen LogP contribution in [0.1, 0.15) is 110 Å². The largest absolute Gasteiger partial charge is 0.390 e. The van der Waals surface area contributed by atoms with Crippen LogP contribution in [0.2, 0.25) is 0 Å². The zero-order valence-corrected chi connectivity index (χ0v) is 14.7. The van der Waals surface area contributed by atoms with Crippen molar-refractivity contribution in [2.75, 3.05) is 0 Å². The van der Waals surface area contributed by atoms with E-state index in [1.165, 1.54) is 77.0 Å². The van der Waals surface area contributed by atoms with Gasteiger partial charge in [0.1, 0.15) is 0 Å². The van der Waals surface area contributed by atoms with Crippen LogP contribution >= 0.6 is 0 Å². The Labute approximate surface area is 133 Å². The Morgan fingerprint density at radius 1 is 0.524 bits per heavy atom. The van der Waals surface area contributed by atoms with Crippen LogP contribution in [0.4, 0.5) is 0 Å². The van der Waals surface area contributed by atoms with Crippen LogP contribution in [0.15, 0.2) is 0 Å². The first-order valence-electron chi connectivity index (χ1n) is 9.58. The fourth-order valence-electron chi connectivity index (χ4n) is 2.84. The molecule has 0 rings (SSSR count). The lowest BCUT2D eigenvalue weighted by Gasteiger charge is -2.15. The van der Waals surface area contributed by atoms with Crippen molar-refractivity contribution in [1.82, 2.24) is 0 Å². The van der Waals surface area contributed by atoms with Gasteiger partial charge in [0.25, 0.3) is 0 Å². The van der Waals surface area contributed by atoms with E-state index in [0.717, 1.165) is 12.8 Å². The Balaban J connectivity index is 3.09. The maximum atomic E-state index is 9.64. The normalized spacial score (nSPS) is 14.3. The molecular formula is C19H40O2. The Morgan fingerprint density at radius 2 is 0.905 bits per heavy atom. The first-order chi connectivity index (χ1) is 10.2. The average Bonchev–Trinajstić information content (AvgIpc) is 2.50. The highest BCUT2D eigenvalue weighted by molar-refractivity contribution is 4.65. The van der Waals surface area contributed by atoms with Crippen LogP contribution in [0, 0.1) is 0 Å². The summed E-state index contributed by atoms with van der Waals surface area (Å²) in [7, 11) is 0. The Bertz CT molecular complexity index is 194. The minimum absolute atomic E-state index is 0.511. The third kappa shape index (κ3) is 14.6. The smallest absolute Gasteiger partial charge is 0.0799 e. The van der Waals surface area contributed by atoms with Gasteiger partial charge in [-0.15, -0.1) is 0 Å². The Kier molecular flexibility index (Phi) is 16.2. The average molecular weight is 301 g/mol. The van der Waals surface area contributed by atoms with E-state index < -0.39 is 12.2 Å². The molecule has 0 aromatic heterocycles. The van der Waals surface area contributed by atoms with E-state index in [9.17, 15) is 10.2 Å². The molecule has 0 radical (unpaired) electrons. The first-order valence-corrected chi connectivity index (χ1v) is 9.58.